The van der Waals surface area contributed by atoms with Crippen molar-refractivity contribution < 1.29 is 13.7 Å². The second-order valence-corrected chi connectivity index (χ2v) is 8.63. The molecule has 1 amide bonds. The molecule has 6 heteroatoms. The zero-order valence-corrected chi connectivity index (χ0v) is 18.7. The number of hydrogen-bond acceptors (Lipinski definition) is 5. The Labute approximate surface area is 187 Å². The predicted molar refractivity (Wildman–Crippen MR) is 123 cm³/mol. The third-order valence-electron chi connectivity index (χ3n) is 6.49. The number of fused-ring (bicyclic) bond motifs is 1. The molecule has 4 aromatic rings. The van der Waals surface area contributed by atoms with Crippen LogP contribution >= 0.6 is 0 Å². The average Bonchev–Trinajstić information content (AvgIpc) is 3.44. The number of likely N-dealkylation sites (tertiary alicyclic amines) is 1. The fourth-order valence-electron chi connectivity index (χ4n) is 4.39. The van der Waals surface area contributed by atoms with Crippen LogP contribution in [0.15, 0.2) is 51.4 Å². The highest BCUT2D eigenvalue weighted by Gasteiger charge is 2.30. The van der Waals surface area contributed by atoms with Crippen LogP contribution in [-0.2, 0) is 6.42 Å². The van der Waals surface area contributed by atoms with E-state index >= 15 is 0 Å². The van der Waals surface area contributed by atoms with Crippen LogP contribution in [0.2, 0.25) is 0 Å². The van der Waals surface area contributed by atoms with Gasteiger partial charge in [-0.15, -0.1) is 0 Å². The van der Waals surface area contributed by atoms with Crippen molar-refractivity contribution in [3.8, 4) is 11.4 Å². The Bertz CT molecular complexity index is 1260. The summed E-state index contributed by atoms with van der Waals surface area (Å²) in [7, 11) is 0. The average molecular weight is 430 g/mol. The largest absolute Gasteiger partial charge is 0.451 e. The smallest absolute Gasteiger partial charge is 0.289 e. The molecule has 3 heterocycles. The van der Waals surface area contributed by atoms with E-state index in [4.69, 9.17) is 8.94 Å². The van der Waals surface area contributed by atoms with Gasteiger partial charge in [-0.1, -0.05) is 48.0 Å². The van der Waals surface area contributed by atoms with E-state index in [0.717, 1.165) is 41.4 Å². The summed E-state index contributed by atoms with van der Waals surface area (Å²) >= 11 is 0. The lowest BCUT2D eigenvalue weighted by Crippen LogP contribution is -2.38. The lowest BCUT2D eigenvalue weighted by atomic mass is 9.96. The molecule has 1 aliphatic rings. The van der Waals surface area contributed by atoms with Crippen LogP contribution in [0.5, 0.6) is 0 Å². The van der Waals surface area contributed by atoms with Crippen molar-refractivity contribution in [2.75, 3.05) is 13.1 Å². The number of carbonyl (C=O) groups excluding carboxylic acids is 1. The molecule has 2 aromatic carbocycles. The Morgan fingerprint density at radius 3 is 2.56 bits per heavy atom. The molecule has 5 rings (SSSR count). The third kappa shape index (κ3) is 3.70. The van der Waals surface area contributed by atoms with Crippen molar-refractivity contribution in [3.63, 3.8) is 0 Å². The molecule has 0 radical (unpaired) electrons. The van der Waals surface area contributed by atoms with E-state index in [1.54, 1.807) is 0 Å². The Hall–Kier alpha value is -3.41. The number of rotatable bonds is 4. The van der Waals surface area contributed by atoms with Gasteiger partial charge in [0.1, 0.15) is 5.58 Å². The summed E-state index contributed by atoms with van der Waals surface area (Å²) < 4.78 is 11.5. The number of aryl methyl sites for hydroxylation is 3. The summed E-state index contributed by atoms with van der Waals surface area (Å²) in [6, 6.07) is 14.2. The highest BCUT2D eigenvalue weighted by atomic mass is 16.5. The van der Waals surface area contributed by atoms with Crippen molar-refractivity contribution in [2.24, 2.45) is 0 Å². The topological polar surface area (TPSA) is 72.4 Å². The molecule has 0 atom stereocenters. The van der Waals surface area contributed by atoms with Crippen molar-refractivity contribution in [1.82, 2.24) is 15.0 Å². The van der Waals surface area contributed by atoms with Crippen molar-refractivity contribution in [3.05, 3.63) is 70.8 Å². The summed E-state index contributed by atoms with van der Waals surface area (Å²) in [4.78, 5) is 19.7. The van der Waals surface area contributed by atoms with Gasteiger partial charge in [0.05, 0.1) is 0 Å². The van der Waals surface area contributed by atoms with E-state index in [0.29, 0.717) is 30.6 Å². The zero-order chi connectivity index (χ0) is 22.2. The molecule has 1 saturated heterocycles. The first-order valence-electron chi connectivity index (χ1n) is 11.3. The molecule has 0 spiro atoms. The monoisotopic (exact) mass is 429 g/mol. The maximum absolute atomic E-state index is 13.2. The summed E-state index contributed by atoms with van der Waals surface area (Å²) in [5.74, 6) is 1.84. The Morgan fingerprint density at radius 2 is 1.84 bits per heavy atom. The fourth-order valence-corrected chi connectivity index (χ4v) is 4.39. The van der Waals surface area contributed by atoms with Gasteiger partial charge in [-0.25, -0.2) is 0 Å². The summed E-state index contributed by atoms with van der Waals surface area (Å²) in [6.07, 6.45) is 2.54. The van der Waals surface area contributed by atoms with Crippen molar-refractivity contribution in [2.45, 2.75) is 46.0 Å². The molecule has 0 saturated carbocycles. The maximum Gasteiger partial charge on any atom is 0.289 e. The lowest BCUT2D eigenvalue weighted by molar-refractivity contribution is 0.0674. The Balaban J connectivity index is 1.28. The summed E-state index contributed by atoms with van der Waals surface area (Å²) in [5, 5.41) is 5.19. The standard InChI is InChI=1S/C26H27N3O3/c1-4-18-7-10-22-21(15-18)17(3)23(31-22)26(30)29-13-11-20(12-14-29)25-27-24(28-32-25)19-8-5-16(2)6-9-19/h5-10,15,20H,4,11-14H2,1-3H3. The van der Waals surface area contributed by atoms with Crippen LogP contribution in [0.25, 0.3) is 22.4 Å². The molecular formula is C26H27N3O3. The van der Waals surface area contributed by atoms with Crippen molar-refractivity contribution >= 4 is 16.9 Å². The van der Waals surface area contributed by atoms with Crippen LogP contribution in [0, 0.1) is 13.8 Å². The van der Waals surface area contributed by atoms with Gasteiger partial charge in [0, 0.05) is 35.5 Å². The lowest BCUT2D eigenvalue weighted by Gasteiger charge is -2.29. The fraction of sp³-hybridized carbons (Fsp3) is 0.346. The number of carbonyl (C=O) groups is 1. The number of nitrogens with zero attached hydrogens (tertiary/aromatic N) is 3. The van der Waals surface area contributed by atoms with Gasteiger partial charge in [-0.05, 0) is 50.8 Å². The molecule has 0 N–H and O–H groups in total. The molecule has 164 valence electrons. The number of benzene rings is 2. The van der Waals surface area contributed by atoms with E-state index in [-0.39, 0.29) is 11.8 Å². The maximum atomic E-state index is 13.2. The van der Waals surface area contributed by atoms with E-state index in [2.05, 4.69) is 36.1 Å². The molecule has 0 aliphatic carbocycles. The zero-order valence-electron chi connectivity index (χ0n) is 18.7. The van der Waals surface area contributed by atoms with Gasteiger partial charge in [0.15, 0.2) is 5.76 Å². The number of piperidine rings is 1. The molecule has 6 nitrogen and oxygen atoms in total. The van der Waals surface area contributed by atoms with Crippen LogP contribution < -0.4 is 0 Å². The quantitative estimate of drug-likeness (QED) is 0.417. The van der Waals surface area contributed by atoms with Gasteiger partial charge < -0.3 is 13.8 Å². The van der Waals surface area contributed by atoms with E-state index in [1.165, 1.54) is 11.1 Å². The van der Waals surface area contributed by atoms with Crippen LogP contribution in [0.3, 0.4) is 0 Å². The first-order valence-corrected chi connectivity index (χ1v) is 11.3. The van der Waals surface area contributed by atoms with Crippen LogP contribution in [0.1, 0.15) is 58.8 Å². The van der Waals surface area contributed by atoms with Gasteiger partial charge in [-0.2, -0.15) is 4.98 Å². The highest BCUT2D eigenvalue weighted by molar-refractivity contribution is 5.99. The molecular weight excluding hydrogens is 402 g/mol. The SMILES string of the molecule is CCc1ccc2oc(C(=O)N3CCC(c4nc(-c5ccc(C)cc5)no4)CC3)c(C)c2c1. The number of hydrogen-bond donors (Lipinski definition) is 0. The normalized spacial score (nSPS) is 14.9. The van der Waals surface area contributed by atoms with Crippen molar-refractivity contribution in [1.29, 1.82) is 0 Å². The van der Waals surface area contributed by atoms with E-state index in [1.807, 2.05) is 42.2 Å². The van der Waals surface area contributed by atoms with Gasteiger partial charge in [0.2, 0.25) is 11.7 Å². The Morgan fingerprint density at radius 1 is 1.09 bits per heavy atom. The first-order chi connectivity index (χ1) is 15.5. The molecule has 0 unspecified atom stereocenters. The minimum Gasteiger partial charge on any atom is -0.451 e. The molecule has 32 heavy (non-hydrogen) atoms. The van der Waals surface area contributed by atoms with E-state index < -0.39 is 0 Å². The predicted octanol–water partition coefficient (Wildman–Crippen LogP) is 5.68. The minimum absolute atomic E-state index is 0.0407. The second-order valence-electron chi connectivity index (χ2n) is 8.63. The molecule has 1 aliphatic heterocycles. The second kappa shape index (κ2) is 8.26. The Kier molecular flexibility index (Phi) is 5.29. The number of aromatic nitrogens is 2. The van der Waals surface area contributed by atoms with Gasteiger partial charge in [-0.3, -0.25) is 4.79 Å². The third-order valence-corrected chi connectivity index (χ3v) is 6.49. The minimum atomic E-state index is -0.0407. The van der Waals surface area contributed by atoms with Crippen LogP contribution in [-0.4, -0.2) is 34.0 Å². The molecule has 1 fully saturated rings. The van der Waals surface area contributed by atoms with E-state index in [9.17, 15) is 4.79 Å². The van der Waals surface area contributed by atoms with Gasteiger partial charge >= 0.3 is 0 Å². The van der Waals surface area contributed by atoms with Crippen LogP contribution in [0.4, 0.5) is 0 Å². The number of amides is 1. The number of furan rings is 1. The first kappa shape index (κ1) is 20.5. The van der Waals surface area contributed by atoms with Gasteiger partial charge in [0.25, 0.3) is 5.91 Å². The highest BCUT2D eigenvalue weighted by Crippen LogP contribution is 2.32. The summed E-state index contributed by atoms with van der Waals surface area (Å²) in [5.41, 5.74) is 5.07. The molecule has 2 aromatic heterocycles. The summed E-state index contributed by atoms with van der Waals surface area (Å²) in [6.45, 7) is 7.43. The molecule has 0 bridgehead atoms.